The summed E-state index contributed by atoms with van der Waals surface area (Å²) in [4.78, 5) is 14.5. The van der Waals surface area contributed by atoms with Crippen LogP contribution in [0.1, 0.15) is 43.8 Å². The van der Waals surface area contributed by atoms with Crippen LogP contribution in [0.5, 0.6) is 0 Å². The molecule has 0 amide bonds. The number of carbonyl (C=O) groups is 1. The number of hydrogen-bond acceptors (Lipinski definition) is 4. The number of rotatable bonds is 5. The Balaban J connectivity index is 1.49. The maximum Gasteiger partial charge on any atom is 0.152 e. The highest BCUT2D eigenvalue weighted by molar-refractivity contribution is 5.82. The summed E-state index contributed by atoms with van der Waals surface area (Å²) >= 11 is 0. The van der Waals surface area contributed by atoms with E-state index in [1.54, 1.807) is 0 Å². The van der Waals surface area contributed by atoms with Crippen LogP contribution in [0.25, 0.3) is 0 Å². The van der Waals surface area contributed by atoms with Gasteiger partial charge in [-0.3, -0.25) is 14.4 Å². The molecular weight excluding hydrogens is 264 g/mol. The Kier molecular flexibility index (Phi) is 5.04. The van der Waals surface area contributed by atoms with E-state index in [4.69, 9.17) is 0 Å². The van der Waals surface area contributed by atoms with E-state index in [1.165, 1.54) is 25.7 Å². The molecule has 0 unspecified atom stereocenters. The van der Waals surface area contributed by atoms with E-state index in [-0.39, 0.29) is 5.78 Å². The van der Waals surface area contributed by atoms with Gasteiger partial charge in [-0.15, -0.1) is 0 Å². The molecule has 3 rings (SSSR count). The van der Waals surface area contributed by atoms with Crippen molar-refractivity contribution >= 4 is 5.78 Å². The van der Waals surface area contributed by atoms with Crippen molar-refractivity contribution in [3.8, 4) is 0 Å². The first kappa shape index (κ1) is 14.7. The number of carbonyl (C=O) groups excluding carboxylic acids is 1. The fourth-order valence-corrected chi connectivity index (χ4v) is 3.41. The van der Waals surface area contributed by atoms with Crippen LogP contribution in [0, 0.1) is 0 Å². The second-order valence-electron chi connectivity index (χ2n) is 6.32. The molecule has 2 fully saturated rings. The third kappa shape index (κ3) is 4.14. The van der Waals surface area contributed by atoms with E-state index in [1.807, 2.05) is 6.07 Å². The second kappa shape index (κ2) is 7.18. The monoisotopic (exact) mass is 290 g/mol. The smallest absolute Gasteiger partial charge is 0.152 e. The van der Waals surface area contributed by atoms with Crippen LogP contribution in [0.2, 0.25) is 0 Å². The number of hydrogen-bond donors (Lipinski definition) is 1. The van der Waals surface area contributed by atoms with Crippen LogP contribution in [0.3, 0.4) is 0 Å². The highest BCUT2D eigenvalue weighted by Crippen LogP contribution is 2.28. The molecule has 116 valence electrons. The molecule has 5 heteroatoms. The SMILES string of the molecule is O=C(Cc1ccn(C2CCCC2)n1)CN1CCCNCC1. The van der Waals surface area contributed by atoms with Crippen LogP contribution >= 0.6 is 0 Å². The van der Waals surface area contributed by atoms with Crippen molar-refractivity contribution in [2.24, 2.45) is 0 Å². The molecule has 1 aliphatic carbocycles. The molecule has 1 saturated carbocycles. The van der Waals surface area contributed by atoms with E-state index < -0.39 is 0 Å². The van der Waals surface area contributed by atoms with Gasteiger partial charge in [0.1, 0.15) is 0 Å². The predicted octanol–water partition coefficient (Wildman–Crippen LogP) is 1.41. The van der Waals surface area contributed by atoms with Crippen LogP contribution in [-0.2, 0) is 11.2 Å². The first-order valence-corrected chi connectivity index (χ1v) is 8.30. The zero-order valence-corrected chi connectivity index (χ0v) is 12.8. The Morgan fingerprint density at radius 1 is 1.24 bits per heavy atom. The lowest BCUT2D eigenvalue weighted by molar-refractivity contribution is -0.119. The molecule has 1 aromatic rings. The molecule has 0 bridgehead atoms. The lowest BCUT2D eigenvalue weighted by Crippen LogP contribution is -2.33. The van der Waals surface area contributed by atoms with Gasteiger partial charge in [0, 0.05) is 19.3 Å². The summed E-state index contributed by atoms with van der Waals surface area (Å²) in [5, 5.41) is 7.97. The van der Waals surface area contributed by atoms with Crippen LogP contribution < -0.4 is 5.32 Å². The fourth-order valence-electron chi connectivity index (χ4n) is 3.41. The topological polar surface area (TPSA) is 50.2 Å². The van der Waals surface area contributed by atoms with Gasteiger partial charge in [0.15, 0.2) is 5.78 Å². The summed E-state index contributed by atoms with van der Waals surface area (Å²) in [5.74, 6) is 0.286. The molecule has 21 heavy (non-hydrogen) atoms. The molecule has 0 radical (unpaired) electrons. The van der Waals surface area contributed by atoms with Crippen LogP contribution in [0.15, 0.2) is 12.3 Å². The van der Waals surface area contributed by atoms with Crippen molar-refractivity contribution in [2.75, 3.05) is 32.7 Å². The Morgan fingerprint density at radius 2 is 2.10 bits per heavy atom. The van der Waals surface area contributed by atoms with E-state index in [9.17, 15) is 4.79 Å². The molecule has 1 aliphatic heterocycles. The summed E-state index contributed by atoms with van der Waals surface area (Å²) in [6.45, 7) is 4.62. The molecular formula is C16H26N4O. The highest BCUT2D eigenvalue weighted by Gasteiger charge is 2.18. The van der Waals surface area contributed by atoms with Gasteiger partial charge in [-0.05, 0) is 38.4 Å². The Hall–Kier alpha value is -1.20. The number of aromatic nitrogens is 2. The lowest BCUT2D eigenvalue weighted by Gasteiger charge is -2.17. The van der Waals surface area contributed by atoms with E-state index in [0.29, 0.717) is 19.0 Å². The first-order chi connectivity index (χ1) is 10.3. The third-order valence-electron chi connectivity index (χ3n) is 4.57. The Bertz CT molecular complexity index is 457. The van der Waals surface area contributed by atoms with Crippen LogP contribution in [-0.4, -0.2) is 53.2 Å². The fraction of sp³-hybridized carbons (Fsp3) is 0.750. The standard InChI is InChI=1S/C16H26N4O/c21-16(13-19-9-3-7-17-8-11-19)12-14-6-10-20(18-14)15-4-1-2-5-15/h6,10,15,17H,1-5,7-9,11-13H2. The number of nitrogens with zero attached hydrogens (tertiary/aromatic N) is 3. The number of nitrogens with one attached hydrogen (secondary N) is 1. The van der Waals surface area contributed by atoms with E-state index >= 15 is 0 Å². The van der Waals surface area contributed by atoms with Gasteiger partial charge in [-0.1, -0.05) is 12.8 Å². The van der Waals surface area contributed by atoms with Crippen molar-refractivity contribution in [3.63, 3.8) is 0 Å². The largest absolute Gasteiger partial charge is 0.315 e. The van der Waals surface area contributed by atoms with Crippen molar-refractivity contribution < 1.29 is 4.79 Å². The van der Waals surface area contributed by atoms with Gasteiger partial charge in [-0.2, -0.15) is 5.10 Å². The predicted molar refractivity (Wildman–Crippen MR) is 82.4 cm³/mol. The summed E-state index contributed by atoms with van der Waals surface area (Å²) in [6.07, 6.45) is 8.73. The van der Waals surface area contributed by atoms with E-state index in [0.717, 1.165) is 38.3 Å². The molecule has 2 aliphatic rings. The van der Waals surface area contributed by atoms with Crippen molar-refractivity contribution in [1.82, 2.24) is 20.0 Å². The normalized spacial score (nSPS) is 21.5. The maximum atomic E-state index is 12.2. The molecule has 5 nitrogen and oxygen atoms in total. The van der Waals surface area contributed by atoms with Gasteiger partial charge in [0.2, 0.25) is 0 Å². The molecule has 1 saturated heterocycles. The van der Waals surface area contributed by atoms with Crippen LogP contribution in [0.4, 0.5) is 0 Å². The second-order valence-corrected chi connectivity index (χ2v) is 6.32. The minimum Gasteiger partial charge on any atom is -0.315 e. The Morgan fingerprint density at radius 3 is 2.95 bits per heavy atom. The number of Topliss-reactive ketones (excluding diaryl/α,β-unsaturated/α-hetero) is 1. The molecule has 0 atom stereocenters. The highest BCUT2D eigenvalue weighted by atomic mass is 16.1. The minimum atomic E-state index is 0.286. The quantitative estimate of drug-likeness (QED) is 0.891. The third-order valence-corrected chi connectivity index (χ3v) is 4.57. The zero-order chi connectivity index (χ0) is 14.5. The molecule has 2 heterocycles. The molecule has 1 aromatic heterocycles. The lowest BCUT2D eigenvalue weighted by atomic mass is 10.2. The molecule has 1 N–H and O–H groups in total. The molecule has 0 aromatic carbocycles. The van der Waals surface area contributed by atoms with E-state index in [2.05, 4.69) is 26.2 Å². The first-order valence-electron chi connectivity index (χ1n) is 8.30. The van der Waals surface area contributed by atoms with Gasteiger partial charge in [0.05, 0.1) is 24.7 Å². The van der Waals surface area contributed by atoms with Gasteiger partial charge in [-0.25, -0.2) is 0 Å². The minimum absolute atomic E-state index is 0.286. The van der Waals surface area contributed by atoms with Gasteiger partial charge in [0.25, 0.3) is 0 Å². The van der Waals surface area contributed by atoms with Crippen molar-refractivity contribution in [3.05, 3.63) is 18.0 Å². The summed E-state index contributed by atoms with van der Waals surface area (Å²) < 4.78 is 2.07. The Labute approximate surface area is 126 Å². The summed E-state index contributed by atoms with van der Waals surface area (Å²) in [5.41, 5.74) is 0.930. The van der Waals surface area contributed by atoms with Crippen molar-refractivity contribution in [1.29, 1.82) is 0 Å². The maximum absolute atomic E-state index is 12.2. The zero-order valence-electron chi connectivity index (χ0n) is 12.8. The van der Waals surface area contributed by atoms with Crippen molar-refractivity contribution in [2.45, 2.75) is 44.6 Å². The number of ketones is 1. The summed E-state index contributed by atoms with van der Waals surface area (Å²) in [6, 6.07) is 2.57. The average Bonchev–Trinajstić information content (AvgIpc) is 3.07. The van der Waals surface area contributed by atoms with Gasteiger partial charge < -0.3 is 5.32 Å². The van der Waals surface area contributed by atoms with Gasteiger partial charge >= 0.3 is 0 Å². The summed E-state index contributed by atoms with van der Waals surface area (Å²) in [7, 11) is 0. The average molecular weight is 290 g/mol. The molecule has 0 spiro atoms.